The Balaban J connectivity index is 0.00000576. The van der Waals surface area contributed by atoms with E-state index in [9.17, 15) is 10.2 Å². The number of benzene rings is 3. The number of aliphatic imine (C=N–C) groups is 2. The van der Waals surface area contributed by atoms with Crippen LogP contribution in [-0.2, 0) is 38.4 Å². The van der Waals surface area contributed by atoms with E-state index in [0.29, 0.717) is 22.9 Å². The van der Waals surface area contributed by atoms with Gasteiger partial charge in [-0.2, -0.15) is 0 Å². The molecule has 48 heavy (non-hydrogen) atoms. The minimum Gasteiger partial charge on any atom is -0.507 e. The van der Waals surface area contributed by atoms with Gasteiger partial charge < -0.3 is 17.6 Å². The maximum atomic E-state index is 11.6. The molecule has 3 aromatic rings. The van der Waals surface area contributed by atoms with Crippen molar-refractivity contribution in [2.45, 2.75) is 143 Å². The molecule has 4 nitrogen and oxygen atoms in total. The van der Waals surface area contributed by atoms with Crippen molar-refractivity contribution in [2.75, 3.05) is 0 Å². The van der Waals surface area contributed by atoms with Crippen LogP contribution < -0.4 is 0 Å². The topological polar surface area (TPSA) is 65.2 Å². The summed E-state index contributed by atoms with van der Waals surface area (Å²) in [7, 11) is 0. The fourth-order valence-electron chi connectivity index (χ4n) is 6.79. The summed E-state index contributed by atoms with van der Waals surface area (Å²) in [4.78, 5) is 9.78. The summed E-state index contributed by atoms with van der Waals surface area (Å²) in [6.45, 7) is 26.5. The predicted octanol–water partition coefficient (Wildman–Crippen LogP) is 12.6. The van der Waals surface area contributed by atoms with Crippen molar-refractivity contribution in [1.29, 1.82) is 0 Å². The number of phenolic OH excluding ortho intramolecular Hbond substituents is 2. The zero-order valence-corrected chi connectivity index (χ0v) is 33.2. The van der Waals surface area contributed by atoms with Crippen LogP contribution in [0.15, 0.2) is 58.5 Å². The van der Waals surface area contributed by atoms with Gasteiger partial charge in [-0.15, -0.1) is 0 Å². The molecule has 0 aliphatic carbocycles. The van der Waals surface area contributed by atoms with Crippen LogP contribution in [0, 0.1) is 7.43 Å². The summed E-state index contributed by atoms with van der Waals surface area (Å²) in [5.74, 6) is 0.622. The minimum absolute atomic E-state index is 0. The van der Waals surface area contributed by atoms with Crippen LogP contribution in [0.2, 0.25) is 0 Å². The molecule has 3 aromatic carbocycles. The van der Waals surface area contributed by atoms with Gasteiger partial charge in [0.15, 0.2) is 0 Å². The number of aromatic hydroxyl groups is 2. The zero-order valence-electron chi connectivity index (χ0n) is 32.1. The molecular weight excluding hydrogens is 635 g/mol. The van der Waals surface area contributed by atoms with Crippen LogP contribution in [0.4, 0.5) is 11.4 Å². The van der Waals surface area contributed by atoms with Gasteiger partial charge in [0, 0.05) is 51.5 Å². The third kappa shape index (κ3) is 9.01. The maximum absolute atomic E-state index is 11.6. The average Bonchev–Trinajstić information content (AvgIpc) is 3.02. The molecule has 0 saturated carbocycles. The molecule has 1 radical (unpaired) electrons. The number of para-hydroxylation sites is 2. The first-order valence-electron chi connectivity index (χ1n) is 17.5. The molecule has 0 spiro atoms. The molecule has 0 aromatic heterocycles. The number of rotatable bonds is 12. The summed E-state index contributed by atoms with van der Waals surface area (Å²) in [5, 5.41) is 23.3. The van der Waals surface area contributed by atoms with Crippen LogP contribution in [-0.4, -0.2) is 22.6 Å². The third-order valence-electron chi connectivity index (χ3n) is 10.8. The van der Waals surface area contributed by atoms with E-state index in [2.05, 4.69) is 107 Å². The van der Waals surface area contributed by atoms with Gasteiger partial charge in [0.1, 0.15) is 11.5 Å². The SMILES string of the molecule is CCC(CC)(CC)c1cc(C(C)(C)C)cc(C=Nc2ccccc2N=Cc2cc(C(C)(C)C)cc(C(CC)(CC)CC)c2O)c1O.[CH3-].[Co]. The molecule has 3 rings (SSSR count). The summed E-state index contributed by atoms with van der Waals surface area (Å²) >= 11 is 0. The molecule has 0 bridgehead atoms. The Hall–Kier alpha value is -2.89. The second-order valence-electron chi connectivity index (χ2n) is 15.1. The van der Waals surface area contributed by atoms with Gasteiger partial charge in [0.25, 0.3) is 0 Å². The van der Waals surface area contributed by atoms with Crippen LogP contribution >= 0.6 is 0 Å². The van der Waals surface area contributed by atoms with E-state index < -0.39 is 0 Å². The van der Waals surface area contributed by atoms with Crippen molar-refractivity contribution in [1.82, 2.24) is 0 Å². The van der Waals surface area contributed by atoms with Gasteiger partial charge >= 0.3 is 0 Å². The number of nitrogens with zero attached hydrogens (tertiary/aromatic N) is 2. The van der Waals surface area contributed by atoms with Crippen LogP contribution in [0.1, 0.15) is 155 Å². The Morgan fingerprint density at radius 3 is 1.08 bits per heavy atom. The second-order valence-corrected chi connectivity index (χ2v) is 15.1. The Kier molecular flexibility index (Phi) is 15.4. The maximum Gasteiger partial charge on any atom is 0.128 e. The predicted molar refractivity (Wildman–Crippen MR) is 206 cm³/mol. The molecule has 0 heterocycles. The minimum atomic E-state index is -0.0938. The molecule has 0 aliphatic heterocycles. The summed E-state index contributed by atoms with van der Waals surface area (Å²) < 4.78 is 0. The Morgan fingerprint density at radius 2 is 0.833 bits per heavy atom. The summed E-state index contributed by atoms with van der Waals surface area (Å²) in [6.07, 6.45) is 9.29. The fraction of sp³-hybridized carbons (Fsp3) is 0.512. The zero-order chi connectivity index (χ0) is 34.5. The first kappa shape index (κ1) is 43.1. The molecule has 267 valence electrons. The molecular formula is C43H63CoN2O2-. The van der Waals surface area contributed by atoms with Gasteiger partial charge in [0.05, 0.1) is 11.4 Å². The molecule has 2 N–H and O–H groups in total. The molecule has 0 amide bonds. The van der Waals surface area contributed by atoms with E-state index in [1.54, 1.807) is 12.4 Å². The monoisotopic (exact) mass is 698 g/mol. The molecule has 0 aliphatic rings. The van der Waals surface area contributed by atoms with Crippen molar-refractivity contribution in [2.24, 2.45) is 9.98 Å². The number of hydrogen-bond donors (Lipinski definition) is 2. The second kappa shape index (κ2) is 17.2. The van der Waals surface area contributed by atoms with Crippen molar-refractivity contribution in [3.05, 3.63) is 89.3 Å². The number of phenols is 2. The van der Waals surface area contributed by atoms with E-state index >= 15 is 0 Å². The first-order chi connectivity index (χ1) is 21.6. The Morgan fingerprint density at radius 1 is 0.542 bits per heavy atom. The van der Waals surface area contributed by atoms with Gasteiger partial charge in [-0.1, -0.05) is 107 Å². The standard InChI is InChI=1S/C42H60N2O2.CH3.Co/c1-13-41(14-2,15-3)33-25-31(39(7,8)9)23-29(37(33)45)27-43-35-21-19-20-22-36(35)44-28-30-24-32(40(10,11)12)26-34(38(30)46)42(16-4,17-5)18-6;;/h19-28,45-46H,13-18H2,1-12H3;1H3;/q;-1;. The van der Waals surface area contributed by atoms with Crippen LogP contribution in [0.5, 0.6) is 11.5 Å². The van der Waals surface area contributed by atoms with E-state index in [4.69, 9.17) is 9.98 Å². The van der Waals surface area contributed by atoms with Crippen molar-refractivity contribution in [3.63, 3.8) is 0 Å². The Bertz CT molecular complexity index is 1420. The fourth-order valence-corrected chi connectivity index (χ4v) is 6.79. The van der Waals surface area contributed by atoms with Crippen LogP contribution in [0.25, 0.3) is 0 Å². The van der Waals surface area contributed by atoms with Gasteiger partial charge in [-0.05, 0) is 95.6 Å². The molecule has 5 heteroatoms. The molecule has 0 saturated heterocycles. The average molecular weight is 699 g/mol. The van der Waals surface area contributed by atoms with Crippen molar-refractivity contribution >= 4 is 23.8 Å². The largest absolute Gasteiger partial charge is 0.507 e. The number of hydrogen-bond acceptors (Lipinski definition) is 4. The van der Waals surface area contributed by atoms with Gasteiger partial charge in [-0.3, -0.25) is 9.98 Å². The van der Waals surface area contributed by atoms with E-state index in [1.165, 1.54) is 11.1 Å². The normalized spacial score (nSPS) is 12.8. The van der Waals surface area contributed by atoms with Crippen LogP contribution in [0.3, 0.4) is 0 Å². The quantitative estimate of drug-likeness (QED) is 0.146. The van der Waals surface area contributed by atoms with Gasteiger partial charge in [0.2, 0.25) is 0 Å². The van der Waals surface area contributed by atoms with E-state index in [-0.39, 0.29) is 45.9 Å². The summed E-state index contributed by atoms with van der Waals surface area (Å²) in [5.41, 5.74) is 6.86. The van der Waals surface area contributed by atoms with Crippen molar-refractivity contribution in [3.8, 4) is 11.5 Å². The first-order valence-corrected chi connectivity index (χ1v) is 17.5. The smallest absolute Gasteiger partial charge is 0.128 e. The van der Waals surface area contributed by atoms with Gasteiger partial charge in [-0.25, -0.2) is 0 Å². The van der Waals surface area contributed by atoms with E-state index in [1.807, 2.05) is 24.3 Å². The molecule has 0 atom stereocenters. The molecule has 0 unspecified atom stereocenters. The van der Waals surface area contributed by atoms with Crippen molar-refractivity contribution < 1.29 is 27.0 Å². The third-order valence-corrected chi connectivity index (χ3v) is 10.8. The van der Waals surface area contributed by atoms with E-state index in [0.717, 1.165) is 60.8 Å². The molecule has 0 fully saturated rings. The Labute approximate surface area is 303 Å². The summed E-state index contributed by atoms with van der Waals surface area (Å²) in [6, 6.07) is 16.3.